The van der Waals surface area contributed by atoms with Crippen LogP contribution in [0.2, 0.25) is 0 Å². The summed E-state index contributed by atoms with van der Waals surface area (Å²) in [6, 6.07) is 21.7. The highest BCUT2D eigenvalue weighted by molar-refractivity contribution is 6.09. The normalized spacial score (nSPS) is 14.1. The van der Waals surface area contributed by atoms with Crippen LogP contribution in [0, 0.1) is 11.3 Å². The van der Waals surface area contributed by atoms with Crippen LogP contribution in [0.3, 0.4) is 0 Å². The third-order valence-corrected chi connectivity index (χ3v) is 6.68. The summed E-state index contributed by atoms with van der Waals surface area (Å²) in [5.74, 6) is 0.677. The number of nitriles is 1. The standard InChI is InChI=1S/C29H29N5O2/c1-2-36-27-12-11-24-5-3-4-6-26(24)28(27)29(35)33-15-13-32(14-16-33)20-25-18-31-21-34(25)19-23-9-7-22(17-30)8-10-23/h3-12,18,21H,2,13-16,19-20H2,1H3. The second-order valence-corrected chi connectivity index (χ2v) is 8.98. The molecule has 0 bridgehead atoms. The predicted octanol–water partition coefficient (Wildman–Crippen LogP) is 4.31. The minimum atomic E-state index is 0.0285. The van der Waals surface area contributed by atoms with Crippen molar-refractivity contribution in [1.29, 1.82) is 5.26 Å². The highest BCUT2D eigenvalue weighted by atomic mass is 16.5. The number of piperazine rings is 1. The number of rotatable bonds is 7. The molecule has 2 heterocycles. The Bertz CT molecular complexity index is 1400. The fraction of sp³-hybridized carbons (Fsp3) is 0.276. The van der Waals surface area contributed by atoms with Crippen LogP contribution in [0.4, 0.5) is 0 Å². The first-order valence-electron chi connectivity index (χ1n) is 12.3. The number of aromatic nitrogens is 2. The number of imidazole rings is 1. The largest absolute Gasteiger partial charge is 0.493 e. The number of hydrogen-bond donors (Lipinski definition) is 0. The topological polar surface area (TPSA) is 74.4 Å². The van der Waals surface area contributed by atoms with Crippen LogP contribution in [0.25, 0.3) is 10.8 Å². The SMILES string of the molecule is CCOc1ccc2ccccc2c1C(=O)N1CCN(Cc2cncn2Cc2ccc(C#N)cc2)CC1. The van der Waals surface area contributed by atoms with Gasteiger partial charge in [0.2, 0.25) is 0 Å². The van der Waals surface area contributed by atoms with Gasteiger partial charge in [-0.3, -0.25) is 9.69 Å². The summed E-state index contributed by atoms with van der Waals surface area (Å²) < 4.78 is 7.98. The molecular formula is C29H29N5O2. The zero-order chi connectivity index (χ0) is 24.9. The Morgan fingerprint density at radius 1 is 1.00 bits per heavy atom. The summed E-state index contributed by atoms with van der Waals surface area (Å²) in [5, 5.41) is 11.0. The van der Waals surface area contributed by atoms with Crippen LogP contribution in [0.5, 0.6) is 5.75 Å². The van der Waals surface area contributed by atoms with Gasteiger partial charge in [-0.2, -0.15) is 5.26 Å². The van der Waals surface area contributed by atoms with Gasteiger partial charge in [-0.15, -0.1) is 0 Å². The van der Waals surface area contributed by atoms with Crippen LogP contribution in [0.1, 0.15) is 34.1 Å². The summed E-state index contributed by atoms with van der Waals surface area (Å²) in [6.07, 6.45) is 3.76. The van der Waals surface area contributed by atoms with Crippen molar-refractivity contribution in [2.24, 2.45) is 0 Å². The van der Waals surface area contributed by atoms with E-state index in [1.165, 1.54) is 0 Å². The number of benzene rings is 3. The zero-order valence-electron chi connectivity index (χ0n) is 20.4. The maximum absolute atomic E-state index is 13.6. The Balaban J connectivity index is 1.25. The summed E-state index contributed by atoms with van der Waals surface area (Å²) in [6.45, 7) is 6.86. The van der Waals surface area contributed by atoms with Crippen molar-refractivity contribution in [2.45, 2.75) is 20.0 Å². The van der Waals surface area contributed by atoms with E-state index in [1.807, 2.05) is 85.0 Å². The minimum absolute atomic E-state index is 0.0285. The molecule has 0 radical (unpaired) electrons. The molecule has 0 N–H and O–H groups in total. The van der Waals surface area contributed by atoms with Crippen molar-refractivity contribution in [1.82, 2.24) is 19.4 Å². The highest BCUT2D eigenvalue weighted by Crippen LogP contribution is 2.30. The molecule has 1 amide bonds. The number of ether oxygens (including phenoxy) is 1. The molecule has 7 nitrogen and oxygen atoms in total. The van der Waals surface area contributed by atoms with E-state index in [-0.39, 0.29) is 5.91 Å². The van der Waals surface area contributed by atoms with Gasteiger partial charge >= 0.3 is 0 Å². The van der Waals surface area contributed by atoms with Crippen molar-refractivity contribution >= 4 is 16.7 Å². The number of carbonyl (C=O) groups is 1. The van der Waals surface area contributed by atoms with E-state index in [1.54, 1.807) is 0 Å². The van der Waals surface area contributed by atoms with Crippen molar-refractivity contribution in [2.75, 3.05) is 32.8 Å². The van der Waals surface area contributed by atoms with Crippen molar-refractivity contribution in [3.05, 3.63) is 95.6 Å². The van der Waals surface area contributed by atoms with Crippen LogP contribution in [0.15, 0.2) is 73.2 Å². The molecule has 1 aliphatic heterocycles. The van der Waals surface area contributed by atoms with Gasteiger partial charge in [0, 0.05) is 45.5 Å². The fourth-order valence-corrected chi connectivity index (χ4v) is 4.75. The molecule has 7 heteroatoms. The Morgan fingerprint density at radius 2 is 1.78 bits per heavy atom. The third kappa shape index (κ3) is 4.95. The zero-order valence-corrected chi connectivity index (χ0v) is 20.4. The number of amides is 1. The van der Waals surface area contributed by atoms with E-state index >= 15 is 0 Å². The van der Waals surface area contributed by atoms with Crippen molar-refractivity contribution < 1.29 is 9.53 Å². The molecule has 3 aromatic carbocycles. The molecule has 1 fully saturated rings. The summed E-state index contributed by atoms with van der Waals surface area (Å²) in [7, 11) is 0. The van der Waals surface area contributed by atoms with Crippen molar-refractivity contribution in [3.8, 4) is 11.8 Å². The van der Waals surface area contributed by atoms with Gasteiger partial charge in [-0.1, -0.05) is 42.5 Å². The monoisotopic (exact) mass is 479 g/mol. The highest BCUT2D eigenvalue weighted by Gasteiger charge is 2.26. The van der Waals surface area contributed by atoms with Gasteiger partial charge in [0.25, 0.3) is 5.91 Å². The number of nitrogens with zero attached hydrogens (tertiary/aromatic N) is 5. The molecule has 0 unspecified atom stereocenters. The lowest BCUT2D eigenvalue weighted by molar-refractivity contribution is 0.0624. The minimum Gasteiger partial charge on any atom is -0.493 e. The van der Waals surface area contributed by atoms with Gasteiger partial charge in [0.05, 0.1) is 35.8 Å². The maximum atomic E-state index is 13.6. The molecule has 0 aliphatic carbocycles. The summed E-state index contributed by atoms with van der Waals surface area (Å²) >= 11 is 0. The number of fused-ring (bicyclic) bond motifs is 1. The molecule has 182 valence electrons. The molecule has 1 aliphatic rings. The van der Waals surface area contributed by atoms with E-state index in [4.69, 9.17) is 10.00 Å². The smallest absolute Gasteiger partial charge is 0.258 e. The molecule has 4 aromatic rings. The molecule has 36 heavy (non-hydrogen) atoms. The molecule has 1 aromatic heterocycles. The van der Waals surface area contributed by atoms with Crippen molar-refractivity contribution in [3.63, 3.8) is 0 Å². The van der Waals surface area contributed by atoms with Crippen LogP contribution in [-0.4, -0.2) is 58.0 Å². The lowest BCUT2D eigenvalue weighted by atomic mass is 10.0. The van der Waals surface area contributed by atoms with Crippen LogP contribution in [-0.2, 0) is 13.1 Å². The van der Waals surface area contributed by atoms with E-state index in [0.29, 0.717) is 43.1 Å². The lowest BCUT2D eigenvalue weighted by Gasteiger charge is -2.35. The van der Waals surface area contributed by atoms with Gasteiger partial charge in [-0.25, -0.2) is 4.98 Å². The Labute approximate surface area is 211 Å². The Kier molecular flexibility index (Phi) is 6.96. The first-order chi connectivity index (χ1) is 17.7. The molecule has 5 rings (SSSR count). The van der Waals surface area contributed by atoms with E-state index in [9.17, 15) is 4.79 Å². The quantitative estimate of drug-likeness (QED) is 0.395. The van der Waals surface area contributed by atoms with E-state index in [2.05, 4.69) is 20.5 Å². The van der Waals surface area contributed by atoms with Crippen LogP contribution < -0.4 is 4.74 Å². The average molecular weight is 480 g/mol. The first-order valence-corrected chi connectivity index (χ1v) is 12.3. The Morgan fingerprint density at radius 3 is 2.53 bits per heavy atom. The van der Waals surface area contributed by atoms with E-state index in [0.717, 1.165) is 41.7 Å². The Hall–Kier alpha value is -4.15. The molecule has 0 saturated carbocycles. The van der Waals surface area contributed by atoms with Crippen LogP contribution >= 0.6 is 0 Å². The summed E-state index contributed by atoms with van der Waals surface area (Å²) in [4.78, 5) is 22.3. The molecule has 1 saturated heterocycles. The van der Waals surface area contributed by atoms with Gasteiger partial charge in [0.1, 0.15) is 5.75 Å². The van der Waals surface area contributed by atoms with Gasteiger partial charge in [-0.05, 0) is 41.5 Å². The first kappa shape index (κ1) is 23.6. The fourth-order valence-electron chi connectivity index (χ4n) is 4.75. The number of carbonyl (C=O) groups excluding carboxylic acids is 1. The molecule has 0 atom stereocenters. The third-order valence-electron chi connectivity index (χ3n) is 6.68. The lowest BCUT2D eigenvalue weighted by Crippen LogP contribution is -2.48. The van der Waals surface area contributed by atoms with Gasteiger partial charge in [0.15, 0.2) is 0 Å². The second-order valence-electron chi connectivity index (χ2n) is 8.98. The molecule has 0 spiro atoms. The maximum Gasteiger partial charge on any atom is 0.258 e. The molecular weight excluding hydrogens is 450 g/mol. The predicted molar refractivity (Wildman–Crippen MR) is 139 cm³/mol. The second kappa shape index (κ2) is 10.6. The van der Waals surface area contributed by atoms with Gasteiger partial charge < -0.3 is 14.2 Å². The summed E-state index contributed by atoms with van der Waals surface area (Å²) in [5.41, 5.74) is 3.58. The number of hydrogen-bond acceptors (Lipinski definition) is 5. The average Bonchev–Trinajstić information content (AvgIpc) is 3.35. The van der Waals surface area contributed by atoms with E-state index < -0.39 is 0 Å².